The van der Waals surface area contributed by atoms with Crippen LogP contribution >= 0.6 is 11.8 Å². The van der Waals surface area contributed by atoms with Crippen molar-refractivity contribution < 1.29 is 18.7 Å². The van der Waals surface area contributed by atoms with Crippen molar-refractivity contribution in [3.63, 3.8) is 0 Å². The molecule has 0 aliphatic carbocycles. The van der Waals surface area contributed by atoms with Gasteiger partial charge in [0.25, 0.3) is 5.22 Å². The SMILES string of the molecule is CCOC(=O)CN(Cc1ccccc1)C(=O)CSc1nc2ccccc2o1. The van der Waals surface area contributed by atoms with Gasteiger partial charge in [-0.25, -0.2) is 4.98 Å². The predicted molar refractivity (Wildman–Crippen MR) is 103 cm³/mol. The van der Waals surface area contributed by atoms with E-state index in [1.165, 1.54) is 16.7 Å². The number of oxazole rings is 1. The minimum atomic E-state index is -0.423. The molecular weight excluding hydrogens is 364 g/mol. The van der Waals surface area contributed by atoms with Crippen molar-refractivity contribution in [1.29, 1.82) is 0 Å². The third-order valence-electron chi connectivity index (χ3n) is 3.79. The van der Waals surface area contributed by atoms with Crippen molar-refractivity contribution in [2.45, 2.75) is 18.7 Å². The standard InChI is InChI=1S/C20H20N2O4S/c1-2-25-19(24)13-22(12-15-8-4-3-5-9-15)18(23)14-27-20-21-16-10-6-7-11-17(16)26-20/h3-11H,2,12-14H2,1H3. The number of thioether (sulfide) groups is 1. The summed E-state index contributed by atoms with van der Waals surface area (Å²) in [5.74, 6) is -0.480. The lowest BCUT2D eigenvalue weighted by atomic mass is 10.2. The number of rotatable bonds is 8. The van der Waals surface area contributed by atoms with E-state index in [4.69, 9.17) is 9.15 Å². The van der Waals surface area contributed by atoms with Gasteiger partial charge in [-0.3, -0.25) is 9.59 Å². The van der Waals surface area contributed by atoms with Gasteiger partial charge in [0, 0.05) is 6.54 Å². The van der Waals surface area contributed by atoms with E-state index in [0.29, 0.717) is 17.4 Å². The molecule has 0 unspecified atom stereocenters. The second-order valence-electron chi connectivity index (χ2n) is 5.78. The maximum Gasteiger partial charge on any atom is 0.325 e. The van der Waals surface area contributed by atoms with Crippen LogP contribution in [0, 0.1) is 0 Å². The Labute approximate surface area is 161 Å². The molecule has 1 aromatic heterocycles. The van der Waals surface area contributed by atoms with Crippen molar-refractivity contribution in [3.05, 3.63) is 60.2 Å². The average molecular weight is 384 g/mol. The van der Waals surface area contributed by atoms with E-state index in [1.54, 1.807) is 6.92 Å². The van der Waals surface area contributed by atoms with Crippen molar-refractivity contribution >= 4 is 34.7 Å². The van der Waals surface area contributed by atoms with Crippen LogP contribution in [0.25, 0.3) is 11.1 Å². The molecule has 2 aromatic carbocycles. The highest BCUT2D eigenvalue weighted by Gasteiger charge is 2.19. The molecule has 0 N–H and O–H groups in total. The second kappa shape index (κ2) is 9.23. The fraction of sp³-hybridized carbons (Fsp3) is 0.250. The van der Waals surface area contributed by atoms with Crippen LogP contribution in [-0.4, -0.2) is 40.7 Å². The molecule has 0 atom stereocenters. The van der Waals surface area contributed by atoms with Crippen molar-refractivity contribution in [3.8, 4) is 0 Å². The Hall–Kier alpha value is -2.80. The number of aromatic nitrogens is 1. The first-order chi connectivity index (χ1) is 13.2. The number of esters is 1. The van der Waals surface area contributed by atoms with E-state index in [9.17, 15) is 9.59 Å². The third kappa shape index (κ3) is 5.34. The zero-order valence-corrected chi connectivity index (χ0v) is 15.8. The summed E-state index contributed by atoms with van der Waals surface area (Å²) in [5, 5.41) is 0.431. The van der Waals surface area contributed by atoms with E-state index >= 15 is 0 Å². The lowest BCUT2D eigenvalue weighted by Gasteiger charge is -2.21. The summed E-state index contributed by atoms with van der Waals surface area (Å²) in [5.41, 5.74) is 2.38. The van der Waals surface area contributed by atoms with Crippen LogP contribution in [0.1, 0.15) is 12.5 Å². The molecule has 0 aliphatic heterocycles. The summed E-state index contributed by atoms with van der Waals surface area (Å²) in [6.45, 7) is 2.27. The van der Waals surface area contributed by atoms with E-state index in [2.05, 4.69) is 4.98 Å². The predicted octanol–water partition coefficient (Wildman–Crippen LogP) is 3.51. The Morgan fingerprint density at radius 2 is 1.85 bits per heavy atom. The zero-order valence-electron chi connectivity index (χ0n) is 15.0. The van der Waals surface area contributed by atoms with E-state index < -0.39 is 5.97 Å². The first kappa shape index (κ1) is 19.0. The Morgan fingerprint density at radius 3 is 2.59 bits per heavy atom. The monoisotopic (exact) mass is 384 g/mol. The number of benzene rings is 2. The summed E-state index contributed by atoms with van der Waals surface area (Å²) < 4.78 is 10.6. The lowest BCUT2D eigenvalue weighted by Crippen LogP contribution is -2.37. The first-order valence-corrected chi connectivity index (χ1v) is 9.60. The maximum absolute atomic E-state index is 12.7. The molecule has 3 rings (SSSR count). The zero-order chi connectivity index (χ0) is 19.1. The minimum Gasteiger partial charge on any atom is -0.465 e. The van der Waals surface area contributed by atoms with Gasteiger partial charge in [0.2, 0.25) is 5.91 Å². The molecule has 0 radical (unpaired) electrons. The molecule has 27 heavy (non-hydrogen) atoms. The van der Waals surface area contributed by atoms with Gasteiger partial charge in [-0.15, -0.1) is 0 Å². The lowest BCUT2D eigenvalue weighted by molar-refractivity contribution is -0.148. The van der Waals surface area contributed by atoms with Crippen LogP contribution in [0.5, 0.6) is 0 Å². The fourth-order valence-electron chi connectivity index (χ4n) is 2.53. The first-order valence-electron chi connectivity index (χ1n) is 8.61. The number of nitrogens with zero attached hydrogens (tertiary/aromatic N) is 2. The van der Waals surface area contributed by atoms with Crippen LogP contribution in [0.15, 0.2) is 64.2 Å². The largest absolute Gasteiger partial charge is 0.465 e. The molecular formula is C20H20N2O4S. The van der Waals surface area contributed by atoms with E-state index in [1.807, 2.05) is 54.6 Å². The van der Waals surface area contributed by atoms with Crippen LogP contribution in [0.2, 0.25) is 0 Å². The highest BCUT2D eigenvalue weighted by Crippen LogP contribution is 2.23. The summed E-state index contributed by atoms with van der Waals surface area (Å²) in [4.78, 5) is 30.4. The fourth-order valence-corrected chi connectivity index (χ4v) is 3.27. The smallest absolute Gasteiger partial charge is 0.325 e. The van der Waals surface area contributed by atoms with E-state index in [0.717, 1.165) is 11.1 Å². The molecule has 6 nitrogen and oxygen atoms in total. The number of hydrogen-bond acceptors (Lipinski definition) is 6. The Kier molecular flexibility index (Phi) is 6.49. The molecule has 0 aliphatic rings. The van der Waals surface area contributed by atoms with Gasteiger partial charge in [0.15, 0.2) is 5.58 Å². The Morgan fingerprint density at radius 1 is 1.11 bits per heavy atom. The van der Waals surface area contributed by atoms with Crippen LogP contribution in [0.3, 0.4) is 0 Å². The number of carbonyl (C=O) groups excluding carboxylic acids is 2. The molecule has 0 saturated carbocycles. The maximum atomic E-state index is 12.7. The molecule has 1 heterocycles. The topological polar surface area (TPSA) is 72.6 Å². The number of fused-ring (bicyclic) bond motifs is 1. The van der Waals surface area contributed by atoms with Gasteiger partial charge in [-0.05, 0) is 24.6 Å². The average Bonchev–Trinajstić information content (AvgIpc) is 3.09. The quantitative estimate of drug-likeness (QED) is 0.437. The summed E-state index contributed by atoms with van der Waals surface area (Å²) >= 11 is 1.21. The molecule has 0 bridgehead atoms. The number of ether oxygens (including phenoxy) is 1. The van der Waals surface area contributed by atoms with Crippen molar-refractivity contribution in [1.82, 2.24) is 9.88 Å². The van der Waals surface area contributed by atoms with Gasteiger partial charge < -0.3 is 14.1 Å². The van der Waals surface area contributed by atoms with Gasteiger partial charge in [-0.2, -0.15) is 0 Å². The van der Waals surface area contributed by atoms with E-state index in [-0.39, 0.29) is 24.8 Å². The molecule has 0 fully saturated rings. The van der Waals surface area contributed by atoms with Crippen molar-refractivity contribution in [2.24, 2.45) is 0 Å². The third-order valence-corrected chi connectivity index (χ3v) is 4.60. The number of hydrogen-bond donors (Lipinski definition) is 0. The summed E-state index contributed by atoms with van der Waals surface area (Å²) in [6, 6.07) is 17.0. The Bertz CT molecular complexity index is 878. The van der Waals surface area contributed by atoms with Crippen LogP contribution < -0.4 is 0 Å². The molecule has 140 valence electrons. The highest BCUT2D eigenvalue weighted by atomic mass is 32.2. The molecule has 3 aromatic rings. The van der Waals surface area contributed by atoms with Crippen LogP contribution in [0.4, 0.5) is 0 Å². The summed E-state index contributed by atoms with van der Waals surface area (Å²) in [7, 11) is 0. The van der Waals surface area contributed by atoms with Crippen molar-refractivity contribution in [2.75, 3.05) is 18.9 Å². The molecule has 7 heteroatoms. The summed E-state index contributed by atoms with van der Waals surface area (Å²) in [6.07, 6.45) is 0. The molecule has 0 saturated heterocycles. The normalized spacial score (nSPS) is 10.7. The van der Waals surface area contributed by atoms with Gasteiger partial charge in [0.1, 0.15) is 12.1 Å². The number of amides is 1. The van der Waals surface area contributed by atoms with Crippen LogP contribution in [-0.2, 0) is 20.9 Å². The van der Waals surface area contributed by atoms with Gasteiger partial charge in [-0.1, -0.05) is 54.2 Å². The highest BCUT2D eigenvalue weighted by molar-refractivity contribution is 7.99. The number of para-hydroxylation sites is 2. The minimum absolute atomic E-state index is 0.0876. The number of carbonyl (C=O) groups is 2. The molecule has 0 spiro atoms. The molecule has 1 amide bonds. The van der Waals surface area contributed by atoms with Gasteiger partial charge in [0.05, 0.1) is 12.4 Å². The Balaban J connectivity index is 1.66. The second-order valence-corrected chi connectivity index (χ2v) is 6.70. The van der Waals surface area contributed by atoms with Gasteiger partial charge >= 0.3 is 5.97 Å².